The summed E-state index contributed by atoms with van der Waals surface area (Å²) in [5.41, 5.74) is 0.526. The highest BCUT2D eigenvalue weighted by molar-refractivity contribution is 7.98. The van der Waals surface area contributed by atoms with Crippen LogP contribution in [0.1, 0.15) is 5.56 Å². The molecule has 2 aromatic rings. The Morgan fingerprint density at radius 2 is 1.89 bits per heavy atom. The molecular weight excluding hydrogens is 251 g/mol. The van der Waals surface area contributed by atoms with Crippen LogP contribution in [0, 0.1) is 5.82 Å². The van der Waals surface area contributed by atoms with Crippen molar-refractivity contribution in [2.24, 2.45) is 0 Å². The van der Waals surface area contributed by atoms with Crippen molar-refractivity contribution in [2.45, 2.75) is 11.5 Å². The number of thioether (sulfide) groups is 1. The molecule has 0 atom stereocenters. The van der Waals surface area contributed by atoms with Crippen LogP contribution >= 0.6 is 11.8 Å². The summed E-state index contributed by atoms with van der Waals surface area (Å²) in [6.45, 7) is -0.181. The largest absolute Gasteiger partial charge is 0.454 e. The van der Waals surface area contributed by atoms with E-state index in [2.05, 4.69) is 0 Å². The first-order valence-corrected chi connectivity index (χ1v) is 6.66. The molecule has 4 heteroatoms. The Bertz CT molecular complexity index is 526. The van der Waals surface area contributed by atoms with Crippen molar-refractivity contribution in [3.63, 3.8) is 0 Å². The van der Waals surface area contributed by atoms with E-state index < -0.39 is 5.82 Å². The first-order chi connectivity index (χ1) is 8.72. The maximum atomic E-state index is 13.6. The van der Waals surface area contributed by atoms with Gasteiger partial charge in [0.15, 0.2) is 11.6 Å². The maximum Gasteiger partial charge on any atom is 0.166 e. The summed E-state index contributed by atoms with van der Waals surface area (Å²) < 4.78 is 19.1. The van der Waals surface area contributed by atoms with Gasteiger partial charge in [0.05, 0.1) is 6.61 Å². The Kier molecular flexibility index (Phi) is 4.23. The third-order valence-electron chi connectivity index (χ3n) is 2.47. The second-order valence-corrected chi connectivity index (χ2v) is 4.58. The van der Waals surface area contributed by atoms with Crippen LogP contribution in [0.25, 0.3) is 0 Å². The molecule has 0 unspecified atom stereocenters. The lowest BCUT2D eigenvalue weighted by Crippen LogP contribution is -1.91. The lowest BCUT2D eigenvalue weighted by Gasteiger charge is -2.08. The molecule has 2 nitrogen and oxygen atoms in total. The fourth-order valence-corrected chi connectivity index (χ4v) is 1.90. The van der Waals surface area contributed by atoms with Crippen LogP contribution in [-0.2, 0) is 6.61 Å². The van der Waals surface area contributed by atoms with Crippen molar-refractivity contribution in [2.75, 3.05) is 6.26 Å². The highest BCUT2D eigenvalue weighted by Crippen LogP contribution is 2.26. The molecule has 0 heterocycles. The van der Waals surface area contributed by atoms with Crippen LogP contribution in [0.4, 0.5) is 4.39 Å². The van der Waals surface area contributed by atoms with Gasteiger partial charge in [-0.3, -0.25) is 0 Å². The molecule has 0 amide bonds. The summed E-state index contributed by atoms with van der Waals surface area (Å²) in [5, 5.41) is 8.89. The molecule has 2 rings (SSSR count). The quantitative estimate of drug-likeness (QED) is 0.851. The number of rotatable bonds is 4. The number of hydrogen-bond acceptors (Lipinski definition) is 3. The fraction of sp³-hybridized carbons (Fsp3) is 0.143. The number of aliphatic hydroxyl groups is 1. The number of hydrogen-bond donors (Lipinski definition) is 1. The van der Waals surface area contributed by atoms with Crippen LogP contribution in [0.15, 0.2) is 47.4 Å². The number of halogens is 1. The van der Waals surface area contributed by atoms with Crippen LogP contribution < -0.4 is 4.74 Å². The summed E-state index contributed by atoms with van der Waals surface area (Å²) >= 11 is 1.63. The average Bonchev–Trinajstić information content (AvgIpc) is 2.42. The third-order valence-corrected chi connectivity index (χ3v) is 3.21. The number of ether oxygens (including phenoxy) is 1. The van der Waals surface area contributed by atoms with E-state index in [-0.39, 0.29) is 12.4 Å². The predicted octanol–water partition coefficient (Wildman–Crippen LogP) is 3.83. The molecule has 0 spiro atoms. The normalized spacial score (nSPS) is 10.4. The fourth-order valence-electron chi connectivity index (χ4n) is 1.50. The summed E-state index contributed by atoms with van der Waals surface area (Å²) in [6, 6.07) is 11.8. The van der Waals surface area contributed by atoms with Gasteiger partial charge in [-0.1, -0.05) is 6.07 Å². The molecule has 2 aromatic carbocycles. The molecule has 0 saturated heterocycles. The smallest absolute Gasteiger partial charge is 0.166 e. The summed E-state index contributed by atoms with van der Waals surface area (Å²) in [6.07, 6.45) is 1.99. The molecule has 94 valence electrons. The lowest BCUT2D eigenvalue weighted by atomic mass is 10.2. The second kappa shape index (κ2) is 5.89. The van der Waals surface area contributed by atoms with Crippen molar-refractivity contribution >= 4 is 11.8 Å². The monoisotopic (exact) mass is 264 g/mol. The minimum absolute atomic E-state index is 0.157. The number of benzene rings is 2. The van der Waals surface area contributed by atoms with Crippen molar-refractivity contribution in [1.82, 2.24) is 0 Å². The molecule has 0 aliphatic carbocycles. The Morgan fingerprint density at radius 3 is 2.44 bits per heavy atom. The van der Waals surface area contributed by atoms with Crippen molar-refractivity contribution < 1.29 is 14.2 Å². The van der Waals surface area contributed by atoms with Gasteiger partial charge in [-0.05, 0) is 48.2 Å². The minimum Gasteiger partial charge on any atom is -0.454 e. The summed E-state index contributed by atoms with van der Waals surface area (Å²) in [4.78, 5) is 1.12. The van der Waals surface area contributed by atoms with E-state index in [9.17, 15) is 4.39 Å². The van der Waals surface area contributed by atoms with E-state index in [4.69, 9.17) is 9.84 Å². The first kappa shape index (κ1) is 12.9. The van der Waals surface area contributed by atoms with E-state index in [1.54, 1.807) is 30.0 Å². The zero-order chi connectivity index (χ0) is 13.0. The second-order valence-electron chi connectivity index (χ2n) is 3.70. The summed E-state index contributed by atoms with van der Waals surface area (Å²) in [5.74, 6) is 0.267. The third kappa shape index (κ3) is 3.03. The molecule has 0 saturated carbocycles. The van der Waals surface area contributed by atoms with E-state index >= 15 is 0 Å². The zero-order valence-corrected chi connectivity index (χ0v) is 10.7. The van der Waals surface area contributed by atoms with Gasteiger partial charge in [-0.15, -0.1) is 11.8 Å². The molecule has 0 bridgehead atoms. The Balaban J connectivity index is 2.17. The van der Waals surface area contributed by atoms with Crippen LogP contribution in [0.5, 0.6) is 11.5 Å². The van der Waals surface area contributed by atoms with E-state index in [0.717, 1.165) is 4.90 Å². The van der Waals surface area contributed by atoms with Gasteiger partial charge in [0.1, 0.15) is 5.75 Å². The SMILES string of the molecule is CSc1ccc(Oc2ccc(CO)cc2F)cc1. The van der Waals surface area contributed by atoms with Gasteiger partial charge < -0.3 is 9.84 Å². The summed E-state index contributed by atoms with van der Waals surface area (Å²) in [7, 11) is 0. The Morgan fingerprint density at radius 1 is 1.17 bits per heavy atom. The van der Waals surface area contributed by atoms with Crippen molar-refractivity contribution in [1.29, 1.82) is 0 Å². The maximum absolute atomic E-state index is 13.6. The highest BCUT2D eigenvalue weighted by atomic mass is 32.2. The van der Waals surface area contributed by atoms with E-state index in [0.29, 0.717) is 11.3 Å². The zero-order valence-electron chi connectivity index (χ0n) is 9.89. The molecule has 0 aliphatic heterocycles. The lowest BCUT2D eigenvalue weighted by molar-refractivity contribution is 0.281. The molecule has 0 aromatic heterocycles. The molecule has 18 heavy (non-hydrogen) atoms. The highest BCUT2D eigenvalue weighted by Gasteiger charge is 2.05. The van der Waals surface area contributed by atoms with Gasteiger partial charge in [0.25, 0.3) is 0 Å². The first-order valence-electron chi connectivity index (χ1n) is 5.44. The van der Waals surface area contributed by atoms with Gasteiger partial charge >= 0.3 is 0 Å². The molecule has 0 radical (unpaired) electrons. The van der Waals surface area contributed by atoms with Gasteiger partial charge in [-0.2, -0.15) is 0 Å². The minimum atomic E-state index is -0.476. The van der Waals surface area contributed by atoms with E-state index in [1.165, 1.54) is 12.1 Å². The standard InChI is InChI=1S/C14H13FO2S/c1-18-12-5-3-11(4-6-12)17-14-7-2-10(9-16)8-13(14)15/h2-8,16H,9H2,1H3. The van der Waals surface area contributed by atoms with E-state index in [1.807, 2.05) is 18.4 Å². The van der Waals surface area contributed by atoms with Gasteiger partial charge in [-0.25, -0.2) is 4.39 Å². The number of aliphatic hydroxyl groups excluding tert-OH is 1. The Hall–Kier alpha value is -1.52. The van der Waals surface area contributed by atoms with Crippen molar-refractivity contribution in [3.05, 3.63) is 53.8 Å². The molecule has 1 N–H and O–H groups in total. The van der Waals surface area contributed by atoms with Crippen molar-refractivity contribution in [3.8, 4) is 11.5 Å². The van der Waals surface area contributed by atoms with Gasteiger partial charge in [0, 0.05) is 4.90 Å². The van der Waals surface area contributed by atoms with Crippen LogP contribution in [0.2, 0.25) is 0 Å². The van der Waals surface area contributed by atoms with Crippen LogP contribution in [-0.4, -0.2) is 11.4 Å². The van der Waals surface area contributed by atoms with Gasteiger partial charge in [0.2, 0.25) is 0 Å². The molecule has 0 aliphatic rings. The molecule has 0 fully saturated rings. The topological polar surface area (TPSA) is 29.5 Å². The Labute approximate surface area is 109 Å². The van der Waals surface area contributed by atoms with Crippen LogP contribution in [0.3, 0.4) is 0 Å². The molecular formula is C14H13FO2S. The predicted molar refractivity (Wildman–Crippen MR) is 70.6 cm³/mol. The average molecular weight is 264 g/mol.